The highest BCUT2D eigenvalue weighted by Gasteiger charge is 2.19. The predicted molar refractivity (Wildman–Crippen MR) is 80.1 cm³/mol. The Kier molecular flexibility index (Phi) is 5.08. The molecule has 21 heavy (non-hydrogen) atoms. The van der Waals surface area contributed by atoms with Crippen molar-refractivity contribution in [2.45, 2.75) is 6.61 Å². The maximum atomic E-state index is 9.32. The number of hydrogen-bond donors (Lipinski definition) is 2. The summed E-state index contributed by atoms with van der Waals surface area (Å²) in [7, 11) is 1.37. The summed E-state index contributed by atoms with van der Waals surface area (Å²) >= 11 is 0. The molecule has 2 aromatic carbocycles. The zero-order valence-corrected chi connectivity index (χ0v) is 11.9. The van der Waals surface area contributed by atoms with Crippen LogP contribution in [-0.2, 0) is 6.61 Å². The Labute approximate surface area is 123 Å². The van der Waals surface area contributed by atoms with Crippen LogP contribution < -0.4 is 19.7 Å². The normalized spacial score (nSPS) is 10.1. The average Bonchev–Trinajstić information content (AvgIpc) is 2.52. The summed E-state index contributed by atoms with van der Waals surface area (Å²) in [5.74, 6) is 1.19. The van der Waals surface area contributed by atoms with Gasteiger partial charge in [-0.1, -0.05) is 30.3 Å². The lowest BCUT2D eigenvalue weighted by Gasteiger charge is -2.15. The topological polar surface area (TPSA) is 68.2 Å². The molecule has 0 spiro atoms. The van der Waals surface area contributed by atoms with Crippen molar-refractivity contribution in [3.63, 3.8) is 0 Å². The summed E-state index contributed by atoms with van der Waals surface area (Å²) in [6.45, 7) is 0.339. The Hall–Kier alpha value is -2.18. The third-order valence-electron chi connectivity index (χ3n) is 3.00. The summed E-state index contributed by atoms with van der Waals surface area (Å²) in [5.41, 5.74) is 1.27. The van der Waals surface area contributed by atoms with E-state index in [4.69, 9.17) is 14.2 Å². The van der Waals surface area contributed by atoms with Gasteiger partial charge in [0.25, 0.3) is 0 Å². The van der Waals surface area contributed by atoms with Crippen LogP contribution in [0.1, 0.15) is 5.56 Å². The molecular formula is C15H17BO5. The molecule has 0 atom stereocenters. The second-order valence-electron chi connectivity index (χ2n) is 4.40. The van der Waals surface area contributed by atoms with E-state index in [2.05, 4.69) is 0 Å². The van der Waals surface area contributed by atoms with E-state index < -0.39 is 7.12 Å². The van der Waals surface area contributed by atoms with Crippen molar-refractivity contribution in [3.05, 3.63) is 48.0 Å². The van der Waals surface area contributed by atoms with Crippen molar-refractivity contribution in [2.24, 2.45) is 0 Å². The third kappa shape index (κ3) is 3.68. The summed E-state index contributed by atoms with van der Waals surface area (Å²) in [6, 6.07) is 12.7. The molecule has 0 saturated heterocycles. The number of ether oxygens (including phenoxy) is 3. The maximum absolute atomic E-state index is 9.32. The molecule has 0 saturated carbocycles. The molecule has 0 heterocycles. The van der Waals surface area contributed by atoms with Crippen molar-refractivity contribution in [1.29, 1.82) is 0 Å². The van der Waals surface area contributed by atoms with E-state index in [0.29, 0.717) is 23.9 Å². The van der Waals surface area contributed by atoms with Crippen molar-refractivity contribution < 1.29 is 24.3 Å². The molecule has 110 valence electrons. The van der Waals surface area contributed by atoms with E-state index in [0.717, 1.165) is 5.56 Å². The van der Waals surface area contributed by atoms with Gasteiger partial charge >= 0.3 is 7.12 Å². The minimum atomic E-state index is -1.61. The van der Waals surface area contributed by atoms with Gasteiger partial charge in [-0.15, -0.1) is 0 Å². The van der Waals surface area contributed by atoms with Crippen molar-refractivity contribution in [2.75, 3.05) is 14.2 Å². The van der Waals surface area contributed by atoms with Crippen LogP contribution in [0.5, 0.6) is 17.2 Å². The number of benzene rings is 2. The molecule has 0 bridgehead atoms. The quantitative estimate of drug-likeness (QED) is 0.775. The zero-order valence-electron chi connectivity index (χ0n) is 11.9. The lowest BCUT2D eigenvalue weighted by molar-refractivity contribution is 0.275. The van der Waals surface area contributed by atoms with Gasteiger partial charge in [0.15, 0.2) is 11.5 Å². The smallest absolute Gasteiger partial charge is 0.488 e. The first-order chi connectivity index (χ1) is 10.2. The fraction of sp³-hybridized carbons (Fsp3) is 0.200. The SMILES string of the molecule is COc1cc(B(O)O)cc(OCc2ccccc2)c1OC. The lowest BCUT2D eigenvalue weighted by atomic mass is 9.80. The van der Waals surface area contributed by atoms with Gasteiger partial charge in [0.05, 0.1) is 14.2 Å². The van der Waals surface area contributed by atoms with Gasteiger partial charge in [-0.2, -0.15) is 0 Å². The van der Waals surface area contributed by atoms with E-state index in [1.165, 1.54) is 26.4 Å². The molecule has 0 fully saturated rings. The van der Waals surface area contributed by atoms with Crippen LogP contribution in [0, 0.1) is 0 Å². The van der Waals surface area contributed by atoms with E-state index in [1.807, 2.05) is 30.3 Å². The average molecular weight is 288 g/mol. The Balaban J connectivity index is 2.29. The number of hydrogen-bond acceptors (Lipinski definition) is 5. The molecule has 0 unspecified atom stereocenters. The van der Waals surface area contributed by atoms with E-state index in [-0.39, 0.29) is 5.46 Å². The second kappa shape index (κ2) is 7.01. The second-order valence-corrected chi connectivity index (χ2v) is 4.40. The van der Waals surface area contributed by atoms with Crippen molar-refractivity contribution in [3.8, 4) is 17.2 Å². The standard InChI is InChI=1S/C15H17BO5/c1-19-13-8-12(16(17)18)9-14(15(13)20-2)21-10-11-6-4-3-5-7-11/h3-9,17-18H,10H2,1-2H3. The molecule has 2 rings (SSSR count). The van der Waals surface area contributed by atoms with Crippen LogP contribution in [0.3, 0.4) is 0 Å². The maximum Gasteiger partial charge on any atom is 0.488 e. The molecule has 2 N–H and O–H groups in total. The number of methoxy groups -OCH3 is 2. The molecule has 2 aromatic rings. The van der Waals surface area contributed by atoms with Crippen LogP contribution in [0.4, 0.5) is 0 Å². The van der Waals surface area contributed by atoms with Crippen LogP contribution >= 0.6 is 0 Å². The molecule has 0 aliphatic carbocycles. The molecule has 5 nitrogen and oxygen atoms in total. The predicted octanol–water partition coefficient (Wildman–Crippen LogP) is 0.963. The fourth-order valence-corrected chi connectivity index (χ4v) is 1.94. The summed E-state index contributed by atoms with van der Waals surface area (Å²) in [5, 5.41) is 18.6. The molecule has 0 amide bonds. The highest BCUT2D eigenvalue weighted by atomic mass is 16.5. The van der Waals surface area contributed by atoms with E-state index in [9.17, 15) is 10.0 Å². The molecule has 0 aliphatic rings. The van der Waals surface area contributed by atoms with Crippen LogP contribution in [0.2, 0.25) is 0 Å². The minimum Gasteiger partial charge on any atom is -0.493 e. The Bertz CT molecular complexity index is 586. The van der Waals surface area contributed by atoms with E-state index in [1.54, 1.807) is 0 Å². The van der Waals surface area contributed by atoms with Crippen LogP contribution in [-0.4, -0.2) is 31.4 Å². The molecule has 0 aromatic heterocycles. The first-order valence-corrected chi connectivity index (χ1v) is 6.44. The summed E-state index contributed by atoms with van der Waals surface area (Å²) in [4.78, 5) is 0. The van der Waals surface area contributed by atoms with E-state index >= 15 is 0 Å². The Morgan fingerprint density at radius 1 is 0.952 bits per heavy atom. The minimum absolute atomic E-state index is 0.274. The number of rotatable bonds is 6. The van der Waals surface area contributed by atoms with Crippen molar-refractivity contribution >= 4 is 12.6 Å². The molecule has 6 heteroatoms. The van der Waals surface area contributed by atoms with Gasteiger partial charge in [-0.25, -0.2) is 0 Å². The summed E-state index contributed by atoms with van der Waals surface area (Å²) in [6.07, 6.45) is 0. The highest BCUT2D eigenvalue weighted by molar-refractivity contribution is 6.58. The monoisotopic (exact) mass is 288 g/mol. The van der Waals surface area contributed by atoms with Gasteiger partial charge in [0.1, 0.15) is 6.61 Å². The van der Waals surface area contributed by atoms with Crippen LogP contribution in [0.25, 0.3) is 0 Å². The largest absolute Gasteiger partial charge is 0.493 e. The van der Waals surface area contributed by atoms with Crippen LogP contribution in [0.15, 0.2) is 42.5 Å². The first kappa shape index (κ1) is 15.2. The van der Waals surface area contributed by atoms with Crippen molar-refractivity contribution in [1.82, 2.24) is 0 Å². The van der Waals surface area contributed by atoms with Gasteiger partial charge in [0.2, 0.25) is 5.75 Å². The Morgan fingerprint density at radius 2 is 1.62 bits per heavy atom. The zero-order chi connectivity index (χ0) is 15.2. The van der Waals surface area contributed by atoms with Gasteiger partial charge in [-0.3, -0.25) is 0 Å². The van der Waals surface area contributed by atoms with Gasteiger partial charge in [-0.05, 0) is 23.2 Å². The molecule has 0 aliphatic heterocycles. The van der Waals surface area contributed by atoms with Gasteiger partial charge in [0, 0.05) is 0 Å². The molecular weight excluding hydrogens is 271 g/mol. The first-order valence-electron chi connectivity index (χ1n) is 6.44. The third-order valence-corrected chi connectivity index (χ3v) is 3.00. The van der Waals surface area contributed by atoms with Gasteiger partial charge < -0.3 is 24.3 Å². The lowest BCUT2D eigenvalue weighted by Crippen LogP contribution is -2.30. The highest BCUT2D eigenvalue weighted by Crippen LogP contribution is 2.36. The molecule has 0 radical (unpaired) electrons. The summed E-state index contributed by atoms with van der Waals surface area (Å²) < 4.78 is 16.2. The fourth-order valence-electron chi connectivity index (χ4n) is 1.94. The Morgan fingerprint density at radius 3 is 2.19 bits per heavy atom.